The Morgan fingerprint density at radius 3 is 2.81 bits per heavy atom. The highest BCUT2D eigenvalue weighted by Crippen LogP contribution is 2.14. The molecule has 1 heterocycles. The van der Waals surface area contributed by atoms with Crippen LogP contribution in [0.25, 0.3) is 0 Å². The van der Waals surface area contributed by atoms with Crippen LogP contribution in [0, 0.1) is 5.92 Å². The minimum atomic E-state index is -0.388. The molecular formula is C16H20N2O2S. The number of thiazole rings is 1. The molecule has 0 atom stereocenters. The van der Waals surface area contributed by atoms with Crippen molar-refractivity contribution in [3.05, 3.63) is 52.0 Å². The van der Waals surface area contributed by atoms with Crippen LogP contribution in [0.4, 0.5) is 4.79 Å². The lowest BCUT2D eigenvalue weighted by Crippen LogP contribution is -2.25. The fourth-order valence-electron chi connectivity index (χ4n) is 1.74. The van der Waals surface area contributed by atoms with Gasteiger partial charge in [0.05, 0.1) is 23.9 Å². The van der Waals surface area contributed by atoms with E-state index in [2.05, 4.69) is 22.4 Å². The molecule has 4 nitrogen and oxygen atoms in total. The lowest BCUT2D eigenvalue weighted by atomic mass is 10.2. The predicted octanol–water partition coefficient (Wildman–Crippen LogP) is 3.62. The summed E-state index contributed by atoms with van der Waals surface area (Å²) in [6, 6.07) is 10.2. The summed E-state index contributed by atoms with van der Waals surface area (Å²) in [6.07, 6.45) is 0.435. The summed E-state index contributed by atoms with van der Waals surface area (Å²) in [5.74, 6) is 0.340. The largest absolute Gasteiger partial charge is 0.449 e. The average molecular weight is 304 g/mol. The Morgan fingerprint density at radius 1 is 1.33 bits per heavy atom. The molecule has 21 heavy (non-hydrogen) atoms. The second-order valence-corrected chi connectivity index (χ2v) is 6.18. The van der Waals surface area contributed by atoms with Gasteiger partial charge < -0.3 is 10.1 Å². The number of nitrogens with zero attached hydrogens (tertiary/aromatic N) is 1. The number of ether oxygens (including phenoxy) is 1. The van der Waals surface area contributed by atoms with E-state index >= 15 is 0 Å². The first-order valence-corrected chi connectivity index (χ1v) is 7.89. The number of nitrogens with one attached hydrogen (secondary N) is 1. The minimum absolute atomic E-state index is 0.340. The normalized spacial score (nSPS) is 10.6. The zero-order valence-corrected chi connectivity index (χ0v) is 13.2. The fraction of sp³-hybridized carbons (Fsp3) is 0.375. The van der Waals surface area contributed by atoms with Gasteiger partial charge in [0.25, 0.3) is 0 Å². The summed E-state index contributed by atoms with van der Waals surface area (Å²) < 4.78 is 5.05. The van der Waals surface area contributed by atoms with Crippen molar-refractivity contribution in [3.8, 4) is 0 Å². The lowest BCUT2D eigenvalue weighted by molar-refractivity contribution is 0.132. The Kier molecular flexibility index (Phi) is 5.75. The monoisotopic (exact) mass is 304 g/mol. The molecule has 0 saturated carbocycles. The number of hydrogen-bond donors (Lipinski definition) is 1. The molecule has 0 aliphatic carbocycles. The summed E-state index contributed by atoms with van der Waals surface area (Å²) in [4.78, 5) is 16.0. The van der Waals surface area contributed by atoms with Gasteiger partial charge in [-0.25, -0.2) is 9.78 Å². The van der Waals surface area contributed by atoms with Crippen molar-refractivity contribution in [1.82, 2.24) is 10.3 Å². The standard InChI is InChI=1S/C16H20N2O2S/c1-12(2)10-20-16(19)17-9-14-11-21-15(18-14)8-13-6-4-3-5-7-13/h3-7,11-12H,8-10H2,1-2H3,(H,17,19). The van der Waals surface area contributed by atoms with Gasteiger partial charge in [0.2, 0.25) is 0 Å². The second kappa shape index (κ2) is 7.78. The molecule has 1 N–H and O–H groups in total. The van der Waals surface area contributed by atoms with Crippen LogP contribution in [-0.4, -0.2) is 17.7 Å². The van der Waals surface area contributed by atoms with Crippen LogP contribution < -0.4 is 5.32 Å². The molecule has 2 rings (SSSR count). The SMILES string of the molecule is CC(C)COC(=O)NCc1csc(Cc2ccccc2)n1. The number of carbonyl (C=O) groups is 1. The second-order valence-electron chi connectivity index (χ2n) is 5.24. The van der Waals surface area contributed by atoms with Crippen molar-refractivity contribution >= 4 is 17.4 Å². The van der Waals surface area contributed by atoms with Gasteiger partial charge in [-0.1, -0.05) is 44.2 Å². The van der Waals surface area contributed by atoms with Crippen LogP contribution >= 0.6 is 11.3 Å². The fourth-order valence-corrected chi connectivity index (χ4v) is 2.57. The first-order valence-electron chi connectivity index (χ1n) is 7.01. The number of alkyl carbamates (subject to hydrolysis) is 1. The first kappa shape index (κ1) is 15.5. The number of carbonyl (C=O) groups excluding carboxylic acids is 1. The van der Waals surface area contributed by atoms with Crippen LogP contribution in [0.1, 0.15) is 30.1 Å². The minimum Gasteiger partial charge on any atom is -0.449 e. The van der Waals surface area contributed by atoms with Crippen LogP contribution in [0.5, 0.6) is 0 Å². The number of rotatable bonds is 6. The van der Waals surface area contributed by atoms with E-state index in [0.717, 1.165) is 17.1 Å². The Labute approximate surface area is 129 Å². The molecule has 0 aliphatic rings. The number of benzene rings is 1. The molecule has 0 unspecified atom stereocenters. The molecule has 2 aromatic rings. The Hall–Kier alpha value is -1.88. The molecule has 1 aromatic carbocycles. The van der Waals surface area contributed by atoms with Crippen LogP contribution in [0.2, 0.25) is 0 Å². The zero-order valence-electron chi connectivity index (χ0n) is 12.3. The van der Waals surface area contributed by atoms with E-state index in [1.807, 2.05) is 37.4 Å². The van der Waals surface area contributed by atoms with Gasteiger partial charge in [0.15, 0.2) is 0 Å². The van der Waals surface area contributed by atoms with E-state index in [9.17, 15) is 4.79 Å². The van der Waals surface area contributed by atoms with Gasteiger partial charge >= 0.3 is 6.09 Å². The molecule has 0 saturated heterocycles. The Bertz CT molecular complexity index is 567. The van der Waals surface area contributed by atoms with E-state index in [-0.39, 0.29) is 6.09 Å². The molecule has 5 heteroatoms. The van der Waals surface area contributed by atoms with Crippen molar-refractivity contribution in [2.24, 2.45) is 5.92 Å². The lowest BCUT2D eigenvalue weighted by Gasteiger charge is -2.07. The highest BCUT2D eigenvalue weighted by Gasteiger charge is 2.07. The Morgan fingerprint density at radius 2 is 2.10 bits per heavy atom. The number of amides is 1. The summed E-state index contributed by atoms with van der Waals surface area (Å²) in [5, 5.41) is 5.74. The van der Waals surface area contributed by atoms with Gasteiger partial charge in [0.1, 0.15) is 0 Å². The molecule has 112 valence electrons. The van der Waals surface area contributed by atoms with E-state index < -0.39 is 0 Å². The third kappa shape index (κ3) is 5.55. The van der Waals surface area contributed by atoms with Crippen molar-refractivity contribution in [1.29, 1.82) is 0 Å². The number of hydrogen-bond acceptors (Lipinski definition) is 4. The van der Waals surface area contributed by atoms with Crippen molar-refractivity contribution < 1.29 is 9.53 Å². The molecular weight excluding hydrogens is 284 g/mol. The third-order valence-electron chi connectivity index (χ3n) is 2.76. The summed E-state index contributed by atoms with van der Waals surface area (Å²) in [7, 11) is 0. The van der Waals surface area contributed by atoms with E-state index in [1.165, 1.54) is 5.56 Å². The van der Waals surface area contributed by atoms with Gasteiger partial charge in [0, 0.05) is 11.8 Å². The summed E-state index contributed by atoms with van der Waals surface area (Å²) in [5.41, 5.74) is 2.11. The maximum Gasteiger partial charge on any atom is 0.407 e. The maximum absolute atomic E-state index is 11.5. The highest BCUT2D eigenvalue weighted by molar-refractivity contribution is 7.09. The van der Waals surface area contributed by atoms with Gasteiger partial charge in [-0.2, -0.15) is 0 Å². The van der Waals surface area contributed by atoms with Crippen LogP contribution in [0.3, 0.4) is 0 Å². The quantitative estimate of drug-likeness (QED) is 0.887. The maximum atomic E-state index is 11.5. The Balaban J connectivity index is 1.79. The molecule has 0 radical (unpaired) electrons. The average Bonchev–Trinajstić information content (AvgIpc) is 2.91. The highest BCUT2D eigenvalue weighted by atomic mass is 32.1. The molecule has 1 aromatic heterocycles. The zero-order chi connectivity index (χ0) is 15.1. The van der Waals surface area contributed by atoms with Gasteiger partial charge in [-0.3, -0.25) is 0 Å². The van der Waals surface area contributed by atoms with E-state index in [0.29, 0.717) is 19.1 Å². The topological polar surface area (TPSA) is 51.2 Å². The molecule has 0 fully saturated rings. The van der Waals surface area contributed by atoms with Crippen molar-refractivity contribution in [3.63, 3.8) is 0 Å². The predicted molar refractivity (Wildman–Crippen MR) is 84.4 cm³/mol. The first-order chi connectivity index (χ1) is 10.1. The van der Waals surface area contributed by atoms with E-state index in [1.54, 1.807) is 11.3 Å². The van der Waals surface area contributed by atoms with Crippen LogP contribution in [0.15, 0.2) is 35.7 Å². The molecule has 1 amide bonds. The smallest absolute Gasteiger partial charge is 0.407 e. The number of aromatic nitrogens is 1. The van der Waals surface area contributed by atoms with Crippen molar-refractivity contribution in [2.75, 3.05) is 6.61 Å². The summed E-state index contributed by atoms with van der Waals surface area (Å²) >= 11 is 1.61. The van der Waals surface area contributed by atoms with Gasteiger partial charge in [-0.15, -0.1) is 11.3 Å². The van der Waals surface area contributed by atoms with Gasteiger partial charge in [-0.05, 0) is 11.5 Å². The molecule has 0 bridgehead atoms. The van der Waals surface area contributed by atoms with E-state index in [4.69, 9.17) is 4.74 Å². The van der Waals surface area contributed by atoms with Crippen molar-refractivity contribution in [2.45, 2.75) is 26.8 Å². The molecule has 0 aliphatic heterocycles. The van der Waals surface area contributed by atoms with Crippen LogP contribution in [-0.2, 0) is 17.7 Å². The molecule has 0 spiro atoms. The third-order valence-corrected chi connectivity index (χ3v) is 3.66. The summed E-state index contributed by atoms with van der Waals surface area (Å²) in [6.45, 7) is 4.84.